The summed E-state index contributed by atoms with van der Waals surface area (Å²) in [5.41, 5.74) is 2.61. The van der Waals surface area contributed by atoms with Crippen molar-refractivity contribution in [1.29, 1.82) is 0 Å². The van der Waals surface area contributed by atoms with E-state index in [2.05, 4.69) is 70.2 Å². The molecule has 2 fully saturated rings. The van der Waals surface area contributed by atoms with Crippen molar-refractivity contribution in [3.05, 3.63) is 29.8 Å². The molecule has 6 heteroatoms. The molecule has 1 aromatic rings. The highest BCUT2D eigenvalue weighted by Crippen LogP contribution is 2.25. The zero-order chi connectivity index (χ0) is 17.3. The van der Waals surface area contributed by atoms with Gasteiger partial charge in [-0.15, -0.1) is 0 Å². The minimum atomic E-state index is 0.725. The third-order valence-corrected chi connectivity index (χ3v) is 6.94. The summed E-state index contributed by atoms with van der Waals surface area (Å²) in [6, 6.07) is 8.93. The molecule has 1 atom stereocenters. The second kappa shape index (κ2) is 10.2. The Morgan fingerprint density at radius 1 is 1.16 bits per heavy atom. The maximum Gasteiger partial charge on any atom is 0.191 e. The largest absolute Gasteiger partial charge is 0.370 e. The average Bonchev–Trinajstić information content (AvgIpc) is 3.19. The van der Waals surface area contributed by atoms with E-state index >= 15 is 0 Å². The van der Waals surface area contributed by atoms with E-state index in [1.165, 1.54) is 41.4 Å². The second-order valence-corrected chi connectivity index (χ2v) is 9.11. The van der Waals surface area contributed by atoms with Crippen LogP contribution in [0.4, 0.5) is 5.69 Å². The molecule has 4 nitrogen and oxygen atoms in total. The van der Waals surface area contributed by atoms with Gasteiger partial charge in [0.15, 0.2) is 5.96 Å². The van der Waals surface area contributed by atoms with Crippen LogP contribution in [0.5, 0.6) is 0 Å². The zero-order valence-electron chi connectivity index (χ0n) is 15.2. The molecule has 2 N–H and O–H groups in total. The minimum Gasteiger partial charge on any atom is -0.370 e. The van der Waals surface area contributed by atoms with Gasteiger partial charge in [-0.25, -0.2) is 4.99 Å². The van der Waals surface area contributed by atoms with E-state index in [4.69, 9.17) is 4.99 Å². The van der Waals surface area contributed by atoms with Crippen molar-refractivity contribution in [3.63, 3.8) is 0 Å². The van der Waals surface area contributed by atoms with E-state index in [1.54, 1.807) is 0 Å². The van der Waals surface area contributed by atoms with Crippen LogP contribution in [0.15, 0.2) is 29.3 Å². The number of nitrogens with zero attached hydrogens (tertiary/aromatic N) is 2. The van der Waals surface area contributed by atoms with Crippen molar-refractivity contribution >= 4 is 35.2 Å². The topological polar surface area (TPSA) is 39.7 Å². The van der Waals surface area contributed by atoms with E-state index in [9.17, 15) is 0 Å². The summed E-state index contributed by atoms with van der Waals surface area (Å²) in [4.78, 5) is 7.24. The Labute approximate surface area is 160 Å². The molecular formula is C19H30N4S2. The number of aliphatic imine (C=N–C) groups is 1. The van der Waals surface area contributed by atoms with Gasteiger partial charge in [0, 0.05) is 48.6 Å². The van der Waals surface area contributed by atoms with Gasteiger partial charge in [0.1, 0.15) is 0 Å². The van der Waals surface area contributed by atoms with Gasteiger partial charge in [-0.05, 0) is 43.2 Å². The van der Waals surface area contributed by atoms with Crippen LogP contribution < -0.4 is 15.5 Å². The van der Waals surface area contributed by atoms with Crippen LogP contribution in [-0.4, -0.2) is 54.6 Å². The number of nitrogens with one attached hydrogen (secondary N) is 2. The summed E-state index contributed by atoms with van der Waals surface area (Å²) < 4.78 is 0. The molecule has 0 saturated carbocycles. The molecule has 2 saturated heterocycles. The SMILES string of the molecule is CCNC(=NCc1ccc(N2CCSCC2)cc1)NCC1CCCS1. The minimum absolute atomic E-state index is 0.725. The van der Waals surface area contributed by atoms with Crippen molar-refractivity contribution in [3.8, 4) is 0 Å². The lowest BCUT2D eigenvalue weighted by Crippen LogP contribution is -2.40. The molecule has 25 heavy (non-hydrogen) atoms. The molecule has 2 aliphatic heterocycles. The average molecular weight is 379 g/mol. The first-order valence-electron chi connectivity index (χ1n) is 9.40. The Morgan fingerprint density at radius 3 is 2.64 bits per heavy atom. The summed E-state index contributed by atoms with van der Waals surface area (Å²) in [7, 11) is 0. The molecule has 0 radical (unpaired) electrons. The van der Waals surface area contributed by atoms with Crippen molar-refractivity contribution < 1.29 is 0 Å². The third kappa shape index (κ3) is 6.03. The predicted octanol–water partition coefficient (Wildman–Crippen LogP) is 3.19. The molecule has 0 amide bonds. The lowest BCUT2D eigenvalue weighted by molar-refractivity contribution is 0.727. The van der Waals surface area contributed by atoms with E-state index in [0.29, 0.717) is 0 Å². The second-order valence-electron chi connectivity index (χ2n) is 6.48. The molecule has 0 aliphatic carbocycles. The van der Waals surface area contributed by atoms with Crippen molar-refractivity contribution in [2.24, 2.45) is 4.99 Å². The van der Waals surface area contributed by atoms with E-state index < -0.39 is 0 Å². The summed E-state index contributed by atoms with van der Waals surface area (Å²) >= 11 is 4.13. The maximum atomic E-state index is 4.76. The van der Waals surface area contributed by atoms with Crippen LogP contribution in [0.2, 0.25) is 0 Å². The first kappa shape index (κ1) is 18.8. The Morgan fingerprint density at radius 2 is 1.96 bits per heavy atom. The van der Waals surface area contributed by atoms with Gasteiger partial charge in [0.25, 0.3) is 0 Å². The first-order valence-corrected chi connectivity index (χ1v) is 11.6. The number of rotatable bonds is 6. The van der Waals surface area contributed by atoms with E-state index in [-0.39, 0.29) is 0 Å². The standard InChI is InChI=1S/C19H30N4S2/c1-2-20-19(22-15-18-4-3-11-25-18)21-14-16-5-7-17(8-6-16)23-9-12-24-13-10-23/h5-8,18H,2-4,9-15H2,1H3,(H2,20,21,22). The van der Waals surface area contributed by atoms with Crippen LogP contribution in [0.1, 0.15) is 25.3 Å². The van der Waals surface area contributed by atoms with Gasteiger partial charge in [0.2, 0.25) is 0 Å². The summed E-state index contributed by atoms with van der Waals surface area (Å²) in [5, 5.41) is 7.60. The van der Waals surface area contributed by atoms with Gasteiger partial charge >= 0.3 is 0 Å². The van der Waals surface area contributed by atoms with Gasteiger partial charge in [-0.1, -0.05) is 12.1 Å². The third-order valence-electron chi connectivity index (χ3n) is 4.60. The number of hydrogen-bond acceptors (Lipinski definition) is 4. The molecule has 1 unspecified atom stereocenters. The zero-order valence-corrected chi connectivity index (χ0v) is 16.8. The quantitative estimate of drug-likeness (QED) is 0.588. The summed E-state index contributed by atoms with van der Waals surface area (Å²) in [6.45, 7) is 7.08. The maximum absolute atomic E-state index is 4.76. The lowest BCUT2D eigenvalue weighted by atomic mass is 10.2. The van der Waals surface area contributed by atoms with Crippen LogP contribution in [0, 0.1) is 0 Å². The molecule has 1 aromatic carbocycles. The number of thioether (sulfide) groups is 2. The molecule has 3 rings (SSSR count). The number of guanidine groups is 1. The first-order chi connectivity index (χ1) is 12.3. The lowest BCUT2D eigenvalue weighted by Gasteiger charge is -2.28. The fourth-order valence-corrected chi connectivity index (χ4v) is 5.27. The Bertz CT molecular complexity index is 535. The summed E-state index contributed by atoms with van der Waals surface area (Å²) in [6.07, 6.45) is 2.68. The highest BCUT2D eigenvalue weighted by Gasteiger charge is 2.15. The number of hydrogen-bond donors (Lipinski definition) is 2. The van der Waals surface area contributed by atoms with Crippen molar-refractivity contribution in [2.45, 2.75) is 31.6 Å². The Kier molecular flexibility index (Phi) is 7.67. The highest BCUT2D eigenvalue weighted by molar-refractivity contribution is 8.00. The number of benzene rings is 1. The molecule has 0 aromatic heterocycles. The summed E-state index contributed by atoms with van der Waals surface area (Å²) in [5.74, 6) is 4.72. The van der Waals surface area contributed by atoms with E-state index in [1.807, 2.05) is 0 Å². The van der Waals surface area contributed by atoms with Crippen molar-refractivity contribution in [2.75, 3.05) is 48.3 Å². The fourth-order valence-electron chi connectivity index (χ4n) is 3.16. The van der Waals surface area contributed by atoms with Crippen LogP contribution >= 0.6 is 23.5 Å². The molecule has 2 aliphatic rings. The Balaban J connectivity index is 1.52. The predicted molar refractivity (Wildman–Crippen MR) is 114 cm³/mol. The smallest absolute Gasteiger partial charge is 0.191 e. The molecule has 0 spiro atoms. The molecule has 0 bridgehead atoms. The highest BCUT2D eigenvalue weighted by atomic mass is 32.2. The monoisotopic (exact) mass is 378 g/mol. The van der Waals surface area contributed by atoms with Gasteiger partial charge < -0.3 is 15.5 Å². The van der Waals surface area contributed by atoms with Crippen LogP contribution in [0.25, 0.3) is 0 Å². The van der Waals surface area contributed by atoms with E-state index in [0.717, 1.165) is 43.9 Å². The van der Waals surface area contributed by atoms with Gasteiger partial charge in [-0.2, -0.15) is 23.5 Å². The van der Waals surface area contributed by atoms with Crippen molar-refractivity contribution in [1.82, 2.24) is 10.6 Å². The number of anilines is 1. The van der Waals surface area contributed by atoms with Crippen LogP contribution in [0.3, 0.4) is 0 Å². The molecule has 2 heterocycles. The fraction of sp³-hybridized carbons (Fsp3) is 0.632. The van der Waals surface area contributed by atoms with Crippen LogP contribution in [-0.2, 0) is 6.54 Å². The molecular weight excluding hydrogens is 348 g/mol. The van der Waals surface area contributed by atoms with Gasteiger partial charge in [0.05, 0.1) is 6.54 Å². The Hall–Kier alpha value is -1.01. The van der Waals surface area contributed by atoms with Gasteiger partial charge in [-0.3, -0.25) is 0 Å². The molecule has 138 valence electrons. The normalized spacial score (nSPS) is 21.4.